The first kappa shape index (κ1) is 7.72. The predicted octanol–water partition coefficient (Wildman–Crippen LogP) is 0.733. The lowest BCUT2D eigenvalue weighted by Crippen LogP contribution is -1.95. The molecule has 2 aromatic rings. The molecule has 0 unspecified atom stereocenters. The Morgan fingerprint density at radius 3 is 2.92 bits per heavy atom. The van der Waals surface area contributed by atoms with Crippen LogP contribution in [0, 0.1) is 6.92 Å². The lowest BCUT2D eigenvalue weighted by Gasteiger charge is -1.94. The smallest absolute Gasteiger partial charge is 0.296 e. The van der Waals surface area contributed by atoms with Crippen LogP contribution in [0.4, 0.5) is 0 Å². The van der Waals surface area contributed by atoms with Crippen LogP contribution in [0.5, 0.6) is 0 Å². The van der Waals surface area contributed by atoms with Gasteiger partial charge in [-0.1, -0.05) is 11.2 Å². The van der Waals surface area contributed by atoms with Crippen LogP contribution in [0.1, 0.15) is 5.69 Å². The number of nitrogens with zero attached hydrogens (tertiary/aromatic N) is 2. The van der Waals surface area contributed by atoms with Crippen LogP contribution >= 0.6 is 0 Å². The van der Waals surface area contributed by atoms with Crippen molar-refractivity contribution in [1.29, 1.82) is 0 Å². The average Bonchev–Trinajstić information content (AvgIpc) is 2.52. The minimum Gasteiger partial charge on any atom is -0.296 e. The van der Waals surface area contributed by atoms with Gasteiger partial charge in [-0.2, -0.15) is 0 Å². The summed E-state index contributed by atoms with van der Waals surface area (Å²) in [6.45, 7) is 1.86. The fourth-order valence-electron chi connectivity index (χ4n) is 1.02. The molecule has 2 heterocycles. The summed E-state index contributed by atoms with van der Waals surface area (Å²) >= 11 is 0. The summed E-state index contributed by atoms with van der Waals surface area (Å²) in [6.07, 6.45) is 0. The molecule has 0 fully saturated rings. The molecule has 5 heteroatoms. The maximum atomic E-state index is 10.6. The van der Waals surface area contributed by atoms with Crippen LogP contribution in [0.3, 0.4) is 0 Å². The van der Waals surface area contributed by atoms with E-state index in [1.165, 1.54) is 0 Å². The molecule has 66 valence electrons. The zero-order chi connectivity index (χ0) is 9.26. The third kappa shape index (κ3) is 1.48. The highest BCUT2D eigenvalue weighted by Gasteiger charge is 2.04. The summed E-state index contributed by atoms with van der Waals surface area (Å²) in [7, 11) is 0. The van der Waals surface area contributed by atoms with Crippen LogP contribution in [0.15, 0.2) is 27.5 Å². The van der Waals surface area contributed by atoms with Crippen molar-refractivity contribution in [1.82, 2.24) is 15.1 Å². The van der Waals surface area contributed by atoms with Crippen molar-refractivity contribution in [3.8, 4) is 11.5 Å². The van der Waals surface area contributed by atoms with Crippen LogP contribution in [-0.2, 0) is 0 Å². The van der Waals surface area contributed by atoms with Crippen molar-refractivity contribution in [2.24, 2.45) is 0 Å². The molecule has 0 saturated heterocycles. The van der Waals surface area contributed by atoms with E-state index in [2.05, 4.69) is 19.6 Å². The Kier molecular flexibility index (Phi) is 1.70. The van der Waals surface area contributed by atoms with Gasteiger partial charge < -0.3 is 0 Å². The third-order valence-electron chi connectivity index (χ3n) is 1.57. The van der Waals surface area contributed by atoms with Crippen LogP contribution < -0.4 is 5.76 Å². The molecule has 5 nitrogen and oxygen atoms in total. The Labute approximate surface area is 73.4 Å². The Balaban J connectivity index is 2.52. The van der Waals surface area contributed by atoms with Gasteiger partial charge in [0.25, 0.3) is 0 Å². The molecule has 0 spiro atoms. The summed E-state index contributed by atoms with van der Waals surface area (Å²) in [5.74, 6) is -0.216. The number of rotatable bonds is 1. The summed E-state index contributed by atoms with van der Waals surface area (Å²) in [6, 6.07) is 5.45. The number of pyridine rings is 1. The topological polar surface area (TPSA) is 71.8 Å². The van der Waals surface area contributed by atoms with Crippen molar-refractivity contribution in [2.75, 3.05) is 0 Å². The normalized spacial score (nSPS) is 10.2. The number of hydrogen-bond acceptors (Lipinski definition) is 4. The Morgan fingerprint density at radius 1 is 1.46 bits per heavy atom. The van der Waals surface area contributed by atoms with Crippen molar-refractivity contribution in [3.63, 3.8) is 0 Å². The summed E-state index contributed by atoms with van der Waals surface area (Å²) < 4.78 is 4.36. The minimum absolute atomic E-state index is 0.355. The molecule has 0 saturated carbocycles. The van der Waals surface area contributed by atoms with E-state index in [-0.39, 0.29) is 0 Å². The number of H-pyrrole nitrogens is 1. The molecule has 0 aliphatic carbocycles. The largest absolute Gasteiger partial charge is 0.439 e. The number of nitrogens with one attached hydrogen (secondary N) is 1. The van der Waals surface area contributed by atoms with Gasteiger partial charge >= 0.3 is 5.76 Å². The standard InChI is InChI=1S/C8H7N3O2/c1-5-3-2-4-6(9-5)7-10-8(12)13-11-7/h2-4H,1H3,(H,10,11,12). The number of aryl methyl sites for hydroxylation is 1. The Hall–Kier alpha value is -1.91. The van der Waals surface area contributed by atoms with Crippen LogP contribution in [0.25, 0.3) is 11.5 Å². The monoisotopic (exact) mass is 177 g/mol. The zero-order valence-corrected chi connectivity index (χ0v) is 6.94. The van der Waals surface area contributed by atoms with Gasteiger partial charge in [0.1, 0.15) is 5.69 Å². The SMILES string of the molecule is Cc1cccc(-c2noc(=O)[nH]2)n1. The zero-order valence-electron chi connectivity index (χ0n) is 6.94. The second-order valence-corrected chi connectivity index (χ2v) is 2.61. The van der Waals surface area contributed by atoms with Crippen molar-refractivity contribution in [2.45, 2.75) is 6.92 Å². The molecular weight excluding hydrogens is 170 g/mol. The summed E-state index contributed by atoms with van der Waals surface area (Å²) in [5.41, 5.74) is 1.46. The molecule has 2 aromatic heterocycles. The highest BCUT2D eigenvalue weighted by Crippen LogP contribution is 2.09. The molecule has 0 aliphatic heterocycles. The second kappa shape index (κ2) is 2.85. The van der Waals surface area contributed by atoms with Gasteiger partial charge in [-0.25, -0.2) is 9.78 Å². The molecule has 0 atom stereocenters. The Morgan fingerprint density at radius 2 is 2.31 bits per heavy atom. The molecule has 13 heavy (non-hydrogen) atoms. The van der Waals surface area contributed by atoms with Gasteiger partial charge in [0, 0.05) is 5.69 Å². The lowest BCUT2D eigenvalue weighted by atomic mass is 10.3. The van der Waals surface area contributed by atoms with Crippen LogP contribution in [0.2, 0.25) is 0 Å². The van der Waals surface area contributed by atoms with E-state index in [0.717, 1.165) is 5.69 Å². The van der Waals surface area contributed by atoms with Gasteiger partial charge in [-0.15, -0.1) is 0 Å². The van der Waals surface area contributed by atoms with E-state index < -0.39 is 5.76 Å². The molecular formula is C8H7N3O2. The summed E-state index contributed by atoms with van der Waals surface area (Å²) in [5, 5.41) is 3.52. The minimum atomic E-state index is -0.571. The van der Waals surface area contributed by atoms with E-state index >= 15 is 0 Å². The van der Waals surface area contributed by atoms with E-state index in [0.29, 0.717) is 11.5 Å². The van der Waals surface area contributed by atoms with Crippen molar-refractivity contribution in [3.05, 3.63) is 34.4 Å². The number of aromatic amines is 1. The fourth-order valence-corrected chi connectivity index (χ4v) is 1.02. The van der Waals surface area contributed by atoms with Gasteiger partial charge in [0.15, 0.2) is 0 Å². The van der Waals surface area contributed by atoms with E-state index in [9.17, 15) is 4.79 Å². The van der Waals surface area contributed by atoms with Crippen LogP contribution in [-0.4, -0.2) is 15.1 Å². The van der Waals surface area contributed by atoms with Gasteiger partial charge in [0.05, 0.1) is 0 Å². The quantitative estimate of drug-likeness (QED) is 0.697. The van der Waals surface area contributed by atoms with E-state index in [4.69, 9.17) is 0 Å². The highest BCUT2D eigenvalue weighted by molar-refractivity contribution is 5.47. The fraction of sp³-hybridized carbons (Fsp3) is 0.125. The van der Waals surface area contributed by atoms with Gasteiger partial charge in [-0.3, -0.25) is 9.51 Å². The van der Waals surface area contributed by atoms with Gasteiger partial charge in [0.2, 0.25) is 5.82 Å². The molecule has 0 aromatic carbocycles. The first-order chi connectivity index (χ1) is 6.25. The first-order valence-corrected chi connectivity index (χ1v) is 3.76. The molecule has 0 radical (unpaired) electrons. The summed E-state index contributed by atoms with van der Waals surface area (Å²) in [4.78, 5) is 17.2. The average molecular weight is 177 g/mol. The van der Waals surface area contributed by atoms with E-state index in [1.807, 2.05) is 19.1 Å². The molecule has 0 aliphatic rings. The number of aromatic nitrogens is 3. The van der Waals surface area contributed by atoms with E-state index in [1.54, 1.807) is 6.07 Å². The third-order valence-corrected chi connectivity index (χ3v) is 1.57. The molecule has 2 rings (SSSR count). The highest BCUT2D eigenvalue weighted by atomic mass is 16.5. The maximum Gasteiger partial charge on any atom is 0.439 e. The van der Waals surface area contributed by atoms with Gasteiger partial charge in [-0.05, 0) is 19.1 Å². The number of hydrogen-bond donors (Lipinski definition) is 1. The second-order valence-electron chi connectivity index (χ2n) is 2.61. The van der Waals surface area contributed by atoms with Crippen molar-refractivity contribution >= 4 is 0 Å². The lowest BCUT2D eigenvalue weighted by molar-refractivity contribution is 0.387. The predicted molar refractivity (Wildman–Crippen MR) is 45.1 cm³/mol. The Bertz CT molecular complexity index is 472. The molecule has 0 amide bonds. The molecule has 1 N–H and O–H groups in total. The maximum absolute atomic E-state index is 10.6. The first-order valence-electron chi connectivity index (χ1n) is 3.76. The van der Waals surface area contributed by atoms with Crippen molar-refractivity contribution < 1.29 is 4.52 Å². The molecule has 0 bridgehead atoms.